The SMILES string of the molecule is COc1cc(NC(=O)CC2CCCC2)ccc1N. The number of anilines is 2. The molecule has 1 saturated carbocycles. The van der Waals surface area contributed by atoms with Gasteiger partial charge in [-0.15, -0.1) is 0 Å². The summed E-state index contributed by atoms with van der Waals surface area (Å²) in [7, 11) is 1.57. The van der Waals surface area contributed by atoms with E-state index in [1.54, 1.807) is 25.3 Å². The minimum absolute atomic E-state index is 0.0775. The lowest BCUT2D eigenvalue weighted by Gasteiger charge is -2.11. The molecule has 0 spiro atoms. The average Bonchev–Trinajstić information content (AvgIpc) is 2.84. The summed E-state index contributed by atoms with van der Waals surface area (Å²) in [4.78, 5) is 11.9. The Hall–Kier alpha value is -1.71. The van der Waals surface area contributed by atoms with Gasteiger partial charge < -0.3 is 15.8 Å². The van der Waals surface area contributed by atoms with Crippen LogP contribution in [0.15, 0.2) is 18.2 Å². The molecule has 1 amide bonds. The van der Waals surface area contributed by atoms with Gasteiger partial charge >= 0.3 is 0 Å². The number of benzene rings is 1. The molecule has 4 nitrogen and oxygen atoms in total. The van der Waals surface area contributed by atoms with Crippen LogP contribution in [0, 0.1) is 5.92 Å². The maximum absolute atomic E-state index is 11.9. The molecule has 3 N–H and O–H groups in total. The van der Waals surface area contributed by atoms with Gasteiger partial charge in [-0.25, -0.2) is 0 Å². The second-order valence-electron chi connectivity index (χ2n) is 4.86. The Balaban J connectivity index is 1.93. The summed E-state index contributed by atoms with van der Waals surface area (Å²) in [5.41, 5.74) is 7.04. The molecule has 0 heterocycles. The summed E-state index contributed by atoms with van der Waals surface area (Å²) in [6.45, 7) is 0. The van der Waals surface area contributed by atoms with Crippen molar-refractivity contribution in [2.24, 2.45) is 5.92 Å². The van der Waals surface area contributed by atoms with Gasteiger partial charge in [0.05, 0.1) is 12.8 Å². The minimum Gasteiger partial charge on any atom is -0.495 e. The average molecular weight is 248 g/mol. The first-order chi connectivity index (χ1) is 8.69. The van der Waals surface area contributed by atoms with E-state index < -0.39 is 0 Å². The normalized spacial score (nSPS) is 15.6. The van der Waals surface area contributed by atoms with Crippen LogP contribution in [0.5, 0.6) is 5.75 Å². The lowest BCUT2D eigenvalue weighted by Crippen LogP contribution is -2.15. The lowest BCUT2D eigenvalue weighted by molar-refractivity contribution is -0.117. The van der Waals surface area contributed by atoms with Crippen molar-refractivity contribution >= 4 is 17.3 Å². The van der Waals surface area contributed by atoms with Crippen LogP contribution in [0.4, 0.5) is 11.4 Å². The number of amides is 1. The number of nitrogen functional groups attached to an aromatic ring is 1. The van der Waals surface area contributed by atoms with E-state index in [2.05, 4.69) is 5.32 Å². The minimum atomic E-state index is 0.0775. The van der Waals surface area contributed by atoms with E-state index in [1.165, 1.54) is 25.7 Å². The van der Waals surface area contributed by atoms with Gasteiger partial charge in [0.25, 0.3) is 0 Å². The summed E-state index contributed by atoms with van der Waals surface area (Å²) in [5.74, 6) is 1.23. The number of methoxy groups -OCH3 is 1. The lowest BCUT2D eigenvalue weighted by atomic mass is 10.0. The van der Waals surface area contributed by atoms with Crippen molar-refractivity contribution in [3.63, 3.8) is 0 Å². The van der Waals surface area contributed by atoms with Crippen LogP contribution in [-0.2, 0) is 4.79 Å². The number of hydrogen-bond acceptors (Lipinski definition) is 3. The highest BCUT2D eigenvalue weighted by Crippen LogP contribution is 2.29. The van der Waals surface area contributed by atoms with Gasteiger partial charge in [-0.2, -0.15) is 0 Å². The van der Waals surface area contributed by atoms with Gasteiger partial charge in [-0.3, -0.25) is 4.79 Å². The summed E-state index contributed by atoms with van der Waals surface area (Å²) in [5, 5.41) is 2.90. The van der Waals surface area contributed by atoms with Crippen molar-refractivity contribution in [3.8, 4) is 5.75 Å². The number of nitrogens with two attached hydrogens (primary N) is 1. The molecule has 18 heavy (non-hydrogen) atoms. The molecule has 0 atom stereocenters. The Bertz CT molecular complexity index is 426. The third-order valence-electron chi connectivity index (χ3n) is 3.47. The highest BCUT2D eigenvalue weighted by molar-refractivity contribution is 5.91. The number of ether oxygens (including phenoxy) is 1. The second-order valence-corrected chi connectivity index (χ2v) is 4.86. The molecule has 0 aliphatic heterocycles. The van der Waals surface area contributed by atoms with E-state index in [9.17, 15) is 4.79 Å². The molecular weight excluding hydrogens is 228 g/mol. The molecule has 1 fully saturated rings. The quantitative estimate of drug-likeness (QED) is 0.805. The van der Waals surface area contributed by atoms with Crippen molar-refractivity contribution in [3.05, 3.63) is 18.2 Å². The van der Waals surface area contributed by atoms with Gasteiger partial charge in [0, 0.05) is 18.2 Å². The number of carbonyl (C=O) groups excluding carboxylic acids is 1. The number of carbonyl (C=O) groups is 1. The highest BCUT2D eigenvalue weighted by Gasteiger charge is 2.18. The van der Waals surface area contributed by atoms with Crippen LogP contribution >= 0.6 is 0 Å². The molecule has 0 bridgehead atoms. The standard InChI is InChI=1S/C14H20N2O2/c1-18-13-9-11(6-7-12(13)15)16-14(17)8-10-4-2-3-5-10/h6-7,9-10H,2-5,8,15H2,1H3,(H,16,17). The summed E-state index contributed by atoms with van der Waals surface area (Å²) < 4.78 is 5.12. The van der Waals surface area contributed by atoms with E-state index in [1.807, 2.05) is 0 Å². The Labute approximate surface area is 108 Å². The molecular formula is C14H20N2O2. The van der Waals surface area contributed by atoms with Crippen molar-refractivity contribution in [2.75, 3.05) is 18.2 Å². The number of hydrogen-bond donors (Lipinski definition) is 2. The number of rotatable bonds is 4. The molecule has 98 valence electrons. The van der Waals surface area contributed by atoms with Crippen LogP contribution in [0.25, 0.3) is 0 Å². The van der Waals surface area contributed by atoms with Gasteiger partial charge in [0.15, 0.2) is 0 Å². The fourth-order valence-corrected chi connectivity index (χ4v) is 2.48. The maximum atomic E-state index is 11.9. The van der Waals surface area contributed by atoms with Crippen LogP contribution in [-0.4, -0.2) is 13.0 Å². The predicted molar refractivity (Wildman–Crippen MR) is 72.6 cm³/mol. The van der Waals surface area contributed by atoms with Gasteiger partial charge in [-0.05, 0) is 30.9 Å². The van der Waals surface area contributed by atoms with Crippen molar-refractivity contribution < 1.29 is 9.53 Å². The third kappa shape index (κ3) is 3.15. The van der Waals surface area contributed by atoms with Crippen LogP contribution < -0.4 is 15.8 Å². The Kier molecular flexibility index (Phi) is 4.07. The molecule has 1 aromatic carbocycles. The molecule has 0 radical (unpaired) electrons. The van der Waals surface area contributed by atoms with Crippen LogP contribution in [0.1, 0.15) is 32.1 Å². The molecule has 0 saturated heterocycles. The highest BCUT2D eigenvalue weighted by atomic mass is 16.5. The van der Waals surface area contributed by atoms with Gasteiger partial charge in [0.2, 0.25) is 5.91 Å². The van der Waals surface area contributed by atoms with E-state index >= 15 is 0 Å². The van der Waals surface area contributed by atoms with Crippen molar-refractivity contribution in [1.29, 1.82) is 0 Å². The fourth-order valence-electron chi connectivity index (χ4n) is 2.48. The Morgan fingerprint density at radius 3 is 2.83 bits per heavy atom. The van der Waals surface area contributed by atoms with E-state index in [4.69, 9.17) is 10.5 Å². The first-order valence-electron chi connectivity index (χ1n) is 6.42. The summed E-state index contributed by atoms with van der Waals surface area (Å²) in [6, 6.07) is 5.29. The summed E-state index contributed by atoms with van der Waals surface area (Å²) in [6.07, 6.45) is 5.49. The first kappa shape index (κ1) is 12.7. The Morgan fingerprint density at radius 1 is 1.44 bits per heavy atom. The molecule has 1 aromatic rings. The van der Waals surface area contributed by atoms with E-state index in [0.717, 1.165) is 5.69 Å². The molecule has 0 aromatic heterocycles. The zero-order chi connectivity index (χ0) is 13.0. The smallest absolute Gasteiger partial charge is 0.224 e. The van der Waals surface area contributed by atoms with Crippen LogP contribution in [0.3, 0.4) is 0 Å². The molecule has 0 unspecified atom stereocenters. The van der Waals surface area contributed by atoms with Crippen molar-refractivity contribution in [1.82, 2.24) is 0 Å². The predicted octanol–water partition coefficient (Wildman–Crippen LogP) is 2.80. The van der Waals surface area contributed by atoms with Gasteiger partial charge in [0.1, 0.15) is 5.75 Å². The first-order valence-corrected chi connectivity index (χ1v) is 6.42. The molecule has 4 heteroatoms. The third-order valence-corrected chi connectivity index (χ3v) is 3.47. The van der Waals surface area contributed by atoms with E-state index in [0.29, 0.717) is 23.8 Å². The van der Waals surface area contributed by atoms with Crippen LogP contribution in [0.2, 0.25) is 0 Å². The Morgan fingerprint density at radius 2 is 2.17 bits per heavy atom. The number of nitrogens with one attached hydrogen (secondary N) is 1. The molecule has 1 aliphatic rings. The van der Waals surface area contributed by atoms with E-state index in [-0.39, 0.29) is 5.91 Å². The monoisotopic (exact) mass is 248 g/mol. The van der Waals surface area contributed by atoms with Crippen molar-refractivity contribution in [2.45, 2.75) is 32.1 Å². The molecule has 2 rings (SSSR count). The second kappa shape index (κ2) is 5.76. The van der Waals surface area contributed by atoms with Gasteiger partial charge in [-0.1, -0.05) is 12.8 Å². The molecule has 1 aliphatic carbocycles. The maximum Gasteiger partial charge on any atom is 0.224 e. The fraction of sp³-hybridized carbons (Fsp3) is 0.500. The summed E-state index contributed by atoms with van der Waals surface area (Å²) >= 11 is 0. The topological polar surface area (TPSA) is 64.3 Å². The zero-order valence-corrected chi connectivity index (χ0v) is 10.7. The zero-order valence-electron chi connectivity index (χ0n) is 10.7. The largest absolute Gasteiger partial charge is 0.495 e.